The maximum absolute atomic E-state index is 11.5. The van der Waals surface area contributed by atoms with Crippen LogP contribution >= 0.6 is 0 Å². The number of carbonyl (C=O) groups is 1. The highest BCUT2D eigenvalue weighted by Gasteiger charge is 2.14. The molecular formula is C16H25N3O2. The van der Waals surface area contributed by atoms with E-state index in [0.717, 1.165) is 18.7 Å². The molecule has 0 saturated carbocycles. The van der Waals surface area contributed by atoms with Gasteiger partial charge in [-0.2, -0.15) is 0 Å². The maximum Gasteiger partial charge on any atom is 0.337 e. The lowest BCUT2D eigenvalue weighted by Gasteiger charge is -2.29. The van der Waals surface area contributed by atoms with E-state index in [1.165, 1.54) is 24.9 Å². The van der Waals surface area contributed by atoms with Crippen LogP contribution < -0.4 is 16.0 Å². The lowest BCUT2D eigenvalue weighted by atomic mass is 10.1. The predicted octanol–water partition coefficient (Wildman–Crippen LogP) is 1.61. The third-order valence-corrected chi connectivity index (χ3v) is 3.70. The van der Waals surface area contributed by atoms with Crippen molar-refractivity contribution in [2.24, 2.45) is 5.73 Å². The average molecular weight is 291 g/mol. The first-order valence-electron chi connectivity index (χ1n) is 7.70. The van der Waals surface area contributed by atoms with Crippen molar-refractivity contribution >= 4 is 11.7 Å². The fourth-order valence-corrected chi connectivity index (χ4v) is 2.56. The number of nitrogens with two attached hydrogens (primary N) is 1. The molecule has 1 unspecified atom stereocenters. The molecule has 0 spiro atoms. The molecule has 1 heterocycles. The largest absolute Gasteiger partial charge is 0.464 e. The topological polar surface area (TPSA) is 67.6 Å². The van der Waals surface area contributed by atoms with E-state index in [1.54, 1.807) is 6.92 Å². The molecule has 1 aliphatic heterocycles. The molecule has 5 heteroatoms. The first-order valence-corrected chi connectivity index (χ1v) is 7.70. The summed E-state index contributed by atoms with van der Waals surface area (Å²) in [4.78, 5) is 13.9. The molecule has 1 atom stereocenters. The van der Waals surface area contributed by atoms with Crippen LogP contribution in [0.1, 0.15) is 31.7 Å². The predicted molar refractivity (Wildman–Crippen MR) is 84.0 cm³/mol. The van der Waals surface area contributed by atoms with Crippen molar-refractivity contribution in [3.63, 3.8) is 0 Å². The van der Waals surface area contributed by atoms with E-state index in [4.69, 9.17) is 10.5 Å². The van der Waals surface area contributed by atoms with E-state index in [2.05, 4.69) is 28.4 Å². The Morgan fingerprint density at radius 3 is 2.86 bits per heavy atom. The van der Waals surface area contributed by atoms with Crippen molar-refractivity contribution in [2.45, 2.75) is 38.9 Å². The normalized spacial score (nSPS) is 16.6. The second-order valence-electron chi connectivity index (χ2n) is 5.33. The van der Waals surface area contributed by atoms with Gasteiger partial charge in [0, 0.05) is 25.3 Å². The van der Waals surface area contributed by atoms with Crippen molar-refractivity contribution in [1.29, 1.82) is 0 Å². The summed E-state index contributed by atoms with van der Waals surface area (Å²) in [6, 6.07) is 8.39. The van der Waals surface area contributed by atoms with E-state index in [0.29, 0.717) is 13.2 Å². The smallest absolute Gasteiger partial charge is 0.337 e. The van der Waals surface area contributed by atoms with E-state index in [1.807, 2.05) is 6.07 Å². The van der Waals surface area contributed by atoms with E-state index >= 15 is 0 Å². The standard InChI is InChI=1S/C16H25N3O2/c1-2-21-16(20)15(17)18-12-13-7-6-8-14(11-13)19-9-4-3-5-10-19/h6-8,11,15,18H,2-5,9-10,12,17H2,1H3. The Balaban J connectivity index is 1.90. The van der Waals surface area contributed by atoms with Gasteiger partial charge in [0.2, 0.25) is 0 Å². The SMILES string of the molecule is CCOC(=O)C(N)NCc1cccc(N2CCCCC2)c1. The molecule has 0 bridgehead atoms. The van der Waals surface area contributed by atoms with Gasteiger partial charge in [-0.05, 0) is 43.9 Å². The first-order chi connectivity index (χ1) is 10.2. The molecule has 1 fully saturated rings. The highest BCUT2D eigenvalue weighted by atomic mass is 16.5. The lowest BCUT2D eigenvalue weighted by Crippen LogP contribution is -2.44. The maximum atomic E-state index is 11.5. The second kappa shape index (κ2) is 8.00. The molecule has 116 valence electrons. The third-order valence-electron chi connectivity index (χ3n) is 3.70. The second-order valence-corrected chi connectivity index (χ2v) is 5.33. The summed E-state index contributed by atoms with van der Waals surface area (Å²) in [5.41, 5.74) is 8.11. The van der Waals surface area contributed by atoms with Gasteiger partial charge in [-0.3, -0.25) is 5.32 Å². The van der Waals surface area contributed by atoms with Crippen molar-refractivity contribution in [2.75, 3.05) is 24.6 Å². The van der Waals surface area contributed by atoms with Crippen LogP contribution in [0.2, 0.25) is 0 Å². The summed E-state index contributed by atoms with van der Waals surface area (Å²) in [5.74, 6) is -0.412. The Morgan fingerprint density at radius 1 is 1.38 bits per heavy atom. The average Bonchev–Trinajstić information content (AvgIpc) is 2.54. The van der Waals surface area contributed by atoms with Crippen LogP contribution in [0, 0.1) is 0 Å². The van der Waals surface area contributed by atoms with Crippen LogP contribution in [0.4, 0.5) is 5.69 Å². The summed E-state index contributed by atoms with van der Waals surface area (Å²) in [6.45, 7) is 4.92. The fraction of sp³-hybridized carbons (Fsp3) is 0.562. The van der Waals surface area contributed by atoms with Crippen LogP contribution in [0.25, 0.3) is 0 Å². The van der Waals surface area contributed by atoms with Gasteiger partial charge in [0.1, 0.15) is 0 Å². The highest BCUT2D eigenvalue weighted by Crippen LogP contribution is 2.20. The number of rotatable bonds is 6. The molecule has 1 aromatic rings. The fourth-order valence-electron chi connectivity index (χ4n) is 2.56. The van der Waals surface area contributed by atoms with Crippen LogP contribution in [0.5, 0.6) is 0 Å². The molecule has 5 nitrogen and oxygen atoms in total. The lowest BCUT2D eigenvalue weighted by molar-refractivity contribution is -0.145. The minimum Gasteiger partial charge on any atom is -0.464 e. The van der Waals surface area contributed by atoms with Crippen molar-refractivity contribution in [3.8, 4) is 0 Å². The number of piperidine rings is 1. The van der Waals surface area contributed by atoms with Gasteiger partial charge in [-0.25, -0.2) is 4.79 Å². The number of hydrogen-bond acceptors (Lipinski definition) is 5. The number of nitrogens with one attached hydrogen (secondary N) is 1. The highest BCUT2D eigenvalue weighted by molar-refractivity contribution is 5.74. The van der Waals surface area contributed by atoms with Gasteiger partial charge in [0.05, 0.1) is 6.61 Å². The zero-order valence-electron chi connectivity index (χ0n) is 12.7. The van der Waals surface area contributed by atoms with Crippen LogP contribution in [-0.2, 0) is 16.1 Å². The number of anilines is 1. The molecule has 2 rings (SSSR count). The minimum absolute atomic E-state index is 0.346. The monoisotopic (exact) mass is 291 g/mol. The van der Waals surface area contributed by atoms with Gasteiger partial charge in [-0.1, -0.05) is 12.1 Å². The molecule has 3 N–H and O–H groups in total. The zero-order chi connectivity index (χ0) is 15.1. The van der Waals surface area contributed by atoms with Crippen molar-refractivity contribution in [3.05, 3.63) is 29.8 Å². The summed E-state index contributed by atoms with van der Waals surface area (Å²) < 4.78 is 4.88. The van der Waals surface area contributed by atoms with Gasteiger partial charge >= 0.3 is 5.97 Å². The summed E-state index contributed by atoms with van der Waals surface area (Å²) >= 11 is 0. The molecule has 0 radical (unpaired) electrons. The van der Waals surface area contributed by atoms with E-state index < -0.39 is 12.1 Å². The summed E-state index contributed by atoms with van der Waals surface area (Å²) in [5, 5.41) is 3.00. The van der Waals surface area contributed by atoms with Gasteiger partial charge in [0.25, 0.3) is 0 Å². The number of ether oxygens (including phenoxy) is 1. The van der Waals surface area contributed by atoms with Crippen LogP contribution in [-0.4, -0.2) is 31.8 Å². The molecule has 0 aromatic heterocycles. The first kappa shape index (κ1) is 15.8. The number of benzene rings is 1. The zero-order valence-corrected chi connectivity index (χ0v) is 12.7. The molecule has 1 aromatic carbocycles. The Morgan fingerprint density at radius 2 is 2.14 bits per heavy atom. The number of carbonyl (C=O) groups excluding carboxylic acids is 1. The quantitative estimate of drug-likeness (QED) is 0.616. The van der Waals surface area contributed by atoms with Crippen molar-refractivity contribution < 1.29 is 9.53 Å². The molecule has 1 aliphatic rings. The van der Waals surface area contributed by atoms with E-state index in [-0.39, 0.29) is 0 Å². The third kappa shape index (κ3) is 4.72. The van der Waals surface area contributed by atoms with Gasteiger partial charge in [-0.15, -0.1) is 0 Å². The summed E-state index contributed by atoms with van der Waals surface area (Å²) in [6.07, 6.45) is 3.07. The van der Waals surface area contributed by atoms with Gasteiger partial charge < -0.3 is 15.4 Å². The van der Waals surface area contributed by atoms with Crippen LogP contribution in [0.3, 0.4) is 0 Å². The number of hydrogen-bond donors (Lipinski definition) is 2. The Bertz CT molecular complexity index is 459. The Labute approximate surface area is 126 Å². The van der Waals surface area contributed by atoms with Crippen molar-refractivity contribution in [1.82, 2.24) is 5.32 Å². The van der Waals surface area contributed by atoms with Crippen LogP contribution in [0.15, 0.2) is 24.3 Å². The molecular weight excluding hydrogens is 266 g/mol. The van der Waals surface area contributed by atoms with E-state index in [9.17, 15) is 4.79 Å². The molecule has 0 amide bonds. The number of nitrogens with zero attached hydrogens (tertiary/aromatic N) is 1. The molecule has 21 heavy (non-hydrogen) atoms. The Hall–Kier alpha value is -1.59. The van der Waals surface area contributed by atoms with Gasteiger partial charge in [0.15, 0.2) is 6.17 Å². The Kier molecular flexibility index (Phi) is 6.02. The molecule has 1 saturated heterocycles. The summed E-state index contributed by atoms with van der Waals surface area (Å²) in [7, 11) is 0. The number of esters is 1. The minimum atomic E-state index is -0.774. The molecule has 0 aliphatic carbocycles.